The minimum Gasteiger partial charge on any atom is -0.359 e. The molecular formula is C24H21F2N5O4S. The highest BCUT2D eigenvalue weighted by Gasteiger charge is 2.22. The Morgan fingerprint density at radius 2 is 1.83 bits per heavy atom. The van der Waals surface area contributed by atoms with Crippen LogP contribution < -0.4 is 10.7 Å². The number of nitrogens with zero attached hydrogens (tertiary/aromatic N) is 3. The average Bonchev–Trinajstić information content (AvgIpc) is 3.26. The number of anilines is 1. The van der Waals surface area contributed by atoms with Crippen molar-refractivity contribution in [3.05, 3.63) is 78.3 Å². The van der Waals surface area contributed by atoms with Crippen molar-refractivity contribution in [2.75, 3.05) is 17.3 Å². The van der Waals surface area contributed by atoms with Crippen LogP contribution in [0.15, 0.2) is 70.8 Å². The summed E-state index contributed by atoms with van der Waals surface area (Å²) < 4.78 is 58.6. The Balaban J connectivity index is 1.39. The molecule has 1 amide bonds. The summed E-state index contributed by atoms with van der Waals surface area (Å²) in [4.78, 5) is 17.7. The maximum atomic E-state index is 13.6. The highest BCUT2D eigenvalue weighted by Crippen LogP contribution is 2.26. The Bertz CT molecular complexity index is 1530. The van der Waals surface area contributed by atoms with Crippen LogP contribution in [0.1, 0.15) is 29.6 Å². The van der Waals surface area contributed by atoms with Gasteiger partial charge in [-0.25, -0.2) is 22.6 Å². The molecule has 186 valence electrons. The first-order chi connectivity index (χ1) is 17.3. The van der Waals surface area contributed by atoms with Crippen molar-refractivity contribution >= 4 is 32.3 Å². The van der Waals surface area contributed by atoms with Crippen molar-refractivity contribution in [1.82, 2.24) is 14.9 Å². The van der Waals surface area contributed by atoms with Crippen LogP contribution in [0.4, 0.5) is 14.5 Å². The van der Waals surface area contributed by atoms with Crippen molar-refractivity contribution in [2.45, 2.75) is 35.3 Å². The molecule has 1 fully saturated rings. The second-order valence-electron chi connectivity index (χ2n) is 8.25. The molecule has 0 radical (unpaired) electrons. The van der Waals surface area contributed by atoms with Crippen LogP contribution in [0.3, 0.4) is 0 Å². The maximum Gasteiger partial charge on any atom is 0.273 e. The normalized spacial score (nSPS) is 16.1. The van der Waals surface area contributed by atoms with E-state index in [1.165, 1.54) is 35.4 Å². The molecule has 12 heteroatoms. The van der Waals surface area contributed by atoms with E-state index in [0.29, 0.717) is 34.8 Å². The molecule has 2 aromatic heterocycles. The summed E-state index contributed by atoms with van der Waals surface area (Å²) in [5.74, 6) is -2.46. The van der Waals surface area contributed by atoms with Gasteiger partial charge in [-0.2, -0.15) is 9.89 Å². The summed E-state index contributed by atoms with van der Waals surface area (Å²) >= 11 is 0. The van der Waals surface area contributed by atoms with Gasteiger partial charge in [-0.3, -0.25) is 9.78 Å². The fraction of sp³-hybridized carbons (Fsp3) is 0.208. The monoisotopic (exact) mass is 513 g/mol. The Labute approximate surface area is 205 Å². The van der Waals surface area contributed by atoms with Crippen LogP contribution in [-0.2, 0) is 14.6 Å². The number of aromatic nitrogens is 3. The number of benzene rings is 2. The van der Waals surface area contributed by atoms with Crippen molar-refractivity contribution < 1.29 is 26.7 Å². The summed E-state index contributed by atoms with van der Waals surface area (Å²) in [5, 5.41) is 7.74. The van der Waals surface area contributed by atoms with Gasteiger partial charge < -0.3 is 10.1 Å². The molecule has 5 rings (SSSR count). The number of rotatable bonds is 6. The number of carbonyl (C=O) groups excluding carboxylic acids is 1. The van der Waals surface area contributed by atoms with E-state index < -0.39 is 32.3 Å². The fourth-order valence-corrected chi connectivity index (χ4v) is 5.32. The van der Waals surface area contributed by atoms with Crippen molar-refractivity contribution in [3.63, 3.8) is 0 Å². The minimum atomic E-state index is -4.18. The van der Waals surface area contributed by atoms with Gasteiger partial charge in [-0.15, -0.1) is 0 Å². The van der Waals surface area contributed by atoms with Crippen molar-refractivity contribution in [3.8, 4) is 0 Å². The molecule has 1 unspecified atom stereocenters. The maximum absolute atomic E-state index is 13.6. The molecule has 1 aliphatic heterocycles. The Kier molecular flexibility index (Phi) is 6.37. The lowest BCUT2D eigenvalue weighted by atomic mass is 10.1. The molecule has 1 saturated heterocycles. The number of sulfone groups is 1. The second-order valence-corrected chi connectivity index (χ2v) is 10.2. The predicted molar refractivity (Wildman–Crippen MR) is 127 cm³/mol. The summed E-state index contributed by atoms with van der Waals surface area (Å²) in [6.07, 6.45) is 7.02. The number of amides is 1. The number of pyridine rings is 1. The Hall–Kier alpha value is -3.90. The molecule has 36 heavy (non-hydrogen) atoms. The average molecular weight is 514 g/mol. The first-order valence-corrected chi connectivity index (χ1v) is 12.6. The Morgan fingerprint density at radius 3 is 2.58 bits per heavy atom. The van der Waals surface area contributed by atoms with Crippen molar-refractivity contribution in [1.29, 1.82) is 0 Å². The van der Waals surface area contributed by atoms with Crippen LogP contribution in [0.25, 0.3) is 10.9 Å². The van der Waals surface area contributed by atoms with Gasteiger partial charge in [-0.1, -0.05) is 0 Å². The molecule has 9 nitrogen and oxygen atoms in total. The van der Waals surface area contributed by atoms with E-state index in [4.69, 9.17) is 4.74 Å². The van der Waals surface area contributed by atoms with E-state index in [9.17, 15) is 22.0 Å². The molecule has 2 N–H and O–H groups in total. The van der Waals surface area contributed by atoms with Gasteiger partial charge in [0.1, 0.15) is 17.9 Å². The topological polar surface area (TPSA) is 115 Å². The number of hydrogen-bond acceptors (Lipinski definition) is 7. The van der Waals surface area contributed by atoms with Crippen LogP contribution in [0.5, 0.6) is 0 Å². The van der Waals surface area contributed by atoms with E-state index in [1.807, 2.05) is 0 Å². The molecule has 0 bridgehead atoms. The lowest BCUT2D eigenvalue weighted by molar-refractivity contribution is 0.0343. The van der Waals surface area contributed by atoms with Crippen LogP contribution in [0.2, 0.25) is 0 Å². The number of halogens is 2. The third kappa shape index (κ3) is 4.77. The highest BCUT2D eigenvalue weighted by atomic mass is 32.2. The largest absolute Gasteiger partial charge is 0.359 e. The molecule has 1 aliphatic rings. The molecule has 0 aliphatic carbocycles. The molecule has 2 aromatic carbocycles. The van der Waals surface area contributed by atoms with Gasteiger partial charge in [-0.05, 0) is 55.7 Å². The second kappa shape index (κ2) is 9.63. The van der Waals surface area contributed by atoms with Crippen LogP contribution in [-0.4, -0.2) is 42.0 Å². The minimum absolute atomic E-state index is 0.168. The Morgan fingerprint density at radius 1 is 1.03 bits per heavy atom. The lowest BCUT2D eigenvalue weighted by Crippen LogP contribution is -2.30. The van der Waals surface area contributed by atoms with Gasteiger partial charge in [0.05, 0.1) is 39.0 Å². The summed E-state index contributed by atoms with van der Waals surface area (Å²) in [5.41, 5.74) is 3.93. The van der Waals surface area contributed by atoms with Crippen LogP contribution in [0, 0.1) is 11.6 Å². The third-order valence-electron chi connectivity index (χ3n) is 5.77. The van der Waals surface area contributed by atoms with E-state index in [-0.39, 0.29) is 11.1 Å². The molecule has 0 spiro atoms. The van der Waals surface area contributed by atoms with E-state index >= 15 is 0 Å². The third-order valence-corrected chi connectivity index (χ3v) is 7.50. The number of fused-ring (bicyclic) bond motifs is 1. The first-order valence-electron chi connectivity index (χ1n) is 11.1. The van der Waals surface area contributed by atoms with E-state index in [0.717, 1.165) is 31.4 Å². The molecule has 1 atom stereocenters. The zero-order chi connectivity index (χ0) is 25.3. The van der Waals surface area contributed by atoms with E-state index in [2.05, 4.69) is 20.8 Å². The summed E-state index contributed by atoms with van der Waals surface area (Å²) in [6, 6.07) is 7.73. The van der Waals surface area contributed by atoms with Gasteiger partial charge in [0, 0.05) is 24.3 Å². The van der Waals surface area contributed by atoms with Gasteiger partial charge in [0.2, 0.25) is 9.84 Å². The summed E-state index contributed by atoms with van der Waals surface area (Å²) in [7, 11) is -4.18. The number of nitrogens with one attached hydrogen (secondary N) is 2. The number of hydrogen-bond donors (Lipinski definition) is 2. The first kappa shape index (κ1) is 23.8. The standard InChI is InChI=1S/C24H21F2N5O4S/c25-16-10-17(26)12-19(11-16)36(33,34)18-4-5-22-15(9-18)13-28-31(22)30-24(32)20-6-7-27-14-21(20)29-23-3-1-2-8-35-23/h4-7,9-14,23,29H,1-3,8H2,(H,30,32). The van der Waals surface area contributed by atoms with E-state index in [1.54, 1.807) is 12.3 Å². The molecular weight excluding hydrogens is 492 g/mol. The van der Waals surface area contributed by atoms with Crippen LogP contribution >= 0.6 is 0 Å². The molecule has 4 aromatic rings. The molecule has 0 saturated carbocycles. The quantitative estimate of drug-likeness (QED) is 0.402. The summed E-state index contributed by atoms with van der Waals surface area (Å²) in [6.45, 7) is 0.643. The molecule has 3 heterocycles. The lowest BCUT2D eigenvalue weighted by Gasteiger charge is -2.25. The number of ether oxygens (including phenoxy) is 1. The van der Waals surface area contributed by atoms with Gasteiger partial charge in [0.25, 0.3) is 5.91 Å². The predicted octanol–water partition coefficient (Wildman–Crippen LogP) is 3.86. The van der Waals surface area contributed by atoms with Crippen molar-refractivity contribution in [2.24, 2.45) is 0 Å². The smallest absolute Gasteiger partial charge is 0.273 e. The fourth-order valence-electron chi connectivity index (χ4n) is 3.98. The zero-order valence-electron chi connectivity index (χ0n) is 18.8. The number of carbonyl (C=O) groups is 1. The van der Waals surface area contributed by atoms with Gasteiger partial charge >= 0.3 is 0 Å². The van der Waals surface area contributed by atoms with Gasteiger partial charge in [0.15, 0.2) is 0 Å². The SMILES string of the molecule is O=C(Nn1ncc2cc(S(=O)(=O)c3cc(F)cc(F)c3)ccc21)c1ccncc1NC1CCCCO1. The zero-order valence-corrected chi connectivity index (χ0v) is 19.6. The highest BCUT2D eigenvalue weighted by molar-refractivity contribution is 7.91.